The second-order valence-corrected chi connectivity index (χ2v) is 4.13. The van der Waals surface area contributed by atoms with Crippen molar-refractivity contribution in [1.29, 1.82) is 0 Å². The number of benzene rings is 1. The minimum atomic E-state index is -0.742. The van der Waals surface area contributed by atoms with Crippen molar-refractivity contribution >= 4 is 23.0 Å². The molecule has 3 rings (SSSR count). The lowest BCUT2D eigenvalue weighted by atomic mass is 9.97. The molecule has 1 aromatic rings. The zero-order valence-corrected chi connectivity index (χ0v) is 8.87. The molecule has 5 heteroatoms. The van der Waals surface area contributed by atoms with Crippen LogP contribution in [0.25, 0.3) is 0 Å². The summed E-state index contributed by atoms with van der Waals surface area (Å²) in [7, 11) is 0. The Labute approximate surface area is 92.8 Å². The van der Waals surface area contributed by atoms with E-state index in [1.165, 1.54) is 0 Å². The maximum absolute atomic E-state index is 11.7. The van der Waals surface area contributed by atoms with Gasteiger partial charge in [0.25, 0.3) is 0 Å². The van der Waals surface area contributed by atoms with Gasteiger partial charge in [0, 0.05) is 5.69 Å². The van der Waals surface area contributed by atoms with Gasteiger partial charge in [0.05, 0.1) is 17.3 Å². The van der Waals surface area contributed by atoms with E-state index in [-0.39, 0.29) is 11.8 Å². The predicted molar refractivity (Wildman–Crippen MR) is 61.4 cm³/mol. The van der Waals surface area contributed by atoms with Crippen molar-refractivity contribution in [3.05, 3.63) is 17.7 Å². The Hall–Kier alpha value is -1.75. The molecule has 2 unspecified atom stereocenters. The molecule has 0 fully saturated rings. The predicted octanol–water partition coefficient (Wildman–Crippen LogP) is 1.25. The monoisotopic (exact) mass is 219 g/mol. The average molecular weight is 219 g/mol. The second kappa shape index (κ2) is 3.12. The zero-order chi connectivity index (χ0) is 11.3. The number of aliphatic hydroxyl groups excluding tert-OH is 1. The summed E-state index contributed by atoms with van der Waals surface area (Å²) < 4.78 is 0. The third-order valence-electron chi connectivity index (χ3n) is 3.13. The molecule has 0 aliphatic carbocycles. The number of anilines is 3. The van der Waals surface area contributed by atoms with E-state index < -0.39 is 6.35 Å². The molecular weight excluding hydrogens is 206 g/mol. The van der Waals surface area contributed by atoms with Crippen molar-refractivity contribution in [2.24, 2.45) is 0 Å². The number of hydrogen-bond acceptors (Lipinski definition) is 4. The fourth-order valence-corrected chi connectivity index (χ4v) is 2.35. The molecule has 0 saturated heterocycles. The van der Waals surface area contributed by atoms with Gasteiger partial charge in [-0.15, -0.1) is 0 Å². The van der Waals surface area contributed by atoms with E-state index in [4.69, 9.17) is 0 Å². The van der Waals surface area contributed by atoms with Gasteiger partial charge in [-0.3, -0.25) is 4.79 Å². The summed E-state index contributed by atoms with van der Waals surface area (Å²) >= 11 is 0. The minimum absolute atomic E-state index is 0.0571. The number of amides is 1. The molecule has 16 heavy (non-hydrogen) atoms. The first-order valence-electron chi connectivity index (χ1n) is 5.39. The first kappa shape index (κ1) is 9.47. The molecule has 2 aliphatic heterocycles. The van der Waals surface area contributed by atoms with E-state index in [2.05, 4.69) is 16.0 Å². The summed E-state index contributed by atoms with van der Waals surface area (Å²) in [6, 6.07) is 3.79. The molecule has 5 nitrogen and oxygen atoms in total. The van der Waals surface area contributed by atoms with Crippen LogP contribution in [0, 0.1) is 0 Å². The molecule has 0 aromatic heterocycles. The van der Waals surface area contributed by atoms with Crippen LogP contribution >= 0.6 is 0 Å². The van der Waals surface area contributed by atoms with Crippen LogP contribution in [0.5, 0.6) is 0 Å². The third kappa shape index (κ3) is 1.18. The Balaban J connectivity index is 2.08. The van der Waals surface area contributed by atoms with Gasteiger partial charge in [-0.05, 0) is 24.1 Å². The highest BCUT2D eigenvalue weighted by molar-refractivity contribution is 6.04. The third-order valence-corrected chi connectivity index (χ3v) is 3.13. The number of carbonyl (C=O) groups excluding carboxylic acids is 1. The maximum Gasteiger partial charge on any atom is 0.231 e. The standard InChI is InChI=1S/C11H13N3O2/c1-2-5-6-3-8-9(14-11(16)13-8)4-7(6)12-10(5)15/h3-5,11,13-14,16H,2H2,1H3,(H,12,15). The van der Waals surface area contributed by atoms with Crippen LogP contribution in [0.15, 0.2) is 12.1 Å². The van der Waals surface area contributed by atoms with Gasteiger partial charge in [-0.1, -0.05) is 6.92 Å². The maximum atomic E-state index is 11.7. The molecule has 2 heterocycles. The molecule has 4 N–H and O–H groups in total. The Morgan fingerprint density at radius 3 is 2.62 bits per heavy atom. The number of carbonyl (C=O) groups is 1. The Morgan fingerprint density at radius 2 is 1.94 bits per heavy atom. The Bertz CT molecular complexity index is 473. The van der Waals surface area contributed by atoms with Gasteiger partial charge in [0.2, 0.25) is 12.3 Å². The molecular formula is C11H13N3O2. The van der Waals surface area contributed by atoms with Crippen LogP contribution < -0.4 is 16.0 Å². The van der Waals surface area contributed by atoms with Crippen molar-refractivity contribution < 1.29 is 9.90 Å². The van der Waals surface area contributed by atoms with E-state index in [9.17, 15) is 9.90 Å². The largest absolute Gasteiger partial charge is 0.357 e. The minimum Gasteiger partial charge on any atom is -0.357 e. The summed E-state index contributed by atoms with van der Waals surface area (Å²) in [6.45, 7) is 1.99. The Morgan fingerprint density at radius 1 is 1.25 bits per heavy atom. The fourth-order valence-electron chi connectivity index (χ4n) is 2.35. The van der Waals surface area contributed by atoms with E-state index >= 15 is 0 Å². The normalized spacial score (nSPS) is 25.5. The SMILES string of the molecule is CCC1C(=O)Nc2cc3c(cc21)NC(O)N3. The van der Waals surface area contributed by atoms with Crippen molar-refractivity contribution in [1.82, 2.24) is 0 Å². The first-order valence-corrected chi connectivity index (χ1v) is 5.39. The van der Waals surface area contributed by atoms with E-state index in [0.29, 0.717) is 0 Å². The van der Waals surface area contributed by atoms with Gasteiger partial charge in [0.15, 0.2) is 0 Å². The fraction of sp³-hybridized carbons (Fsp3) is 0.364. The van der Waals surface area contributed by atoms with Crippen LogP contribution in [0.2, 0.25) is 0 Å². The number of nitrogens with one attached hydrogen (secondary N) is 3. The van der Waals surface area contributed by atoms with Gasteiger partial charge >= 0.3 is 0 Å². The summed E-state index contributed by atoms with van der Waals surface area (Å²) in [6.07, 6.45) is 0.0430. The number of rotatable bonds is 1. The van der Waals surface area contributed by atoms with Gasteiger partial charge in [0.1, 0.15) is 0 Å². The lowest BCUT2D eigenvalue weighted by molar-refractivity contribution is -0.117. The van der Waals surface area contributed by atoms with Gasteiger partial charge < -0.3 is 21.1 Å². The van der Waals surface area contributed by atoms with E-state index in [0.717, 1.165) is 29.0 Å². The summed E-state index contributed by atoms with van der Waals surface area (Å²) in [4.78, 5) is 11.7. The zero-order valence-electron chi connectivity index (χ0n) is 8.87. The highest BCUT2D eigenvalue weighted by atomic mass is 16.3. The summed E-state index contributed by atoms with van der Waals surface area (Å²) in [5, 5.41) is 18.0. The molecule has 0 saturated carbocycles. The quantitative estimate of drug-likeness (QED) is 0.573. The average Bonchev–Trinajstić information content (AvgIpc) is 2.71. The smallest absolute Gasteiger partial charge is 0.231 e. The number of hydrogen-bond donors (Lipinski definition) is 4. The van der Waals surface area contributed by atoms with E-state index in [1.807, 2.05) is 19.1 Å². The summed E-state index contributed by atoms with van der Waals surface area (Å²) in [5.74, 6) is -0.0124. The van der Waals surface area contributed by atoms with Gasteiger partial charge in [-0.25, -0.2) is 0 Å². The molecule has 84 valence electrons. The van der Waals surface area contributed by atoms with Crippen LogP contribution in [-0.2, 0) is 4.79 Å². The molecule has 0 bridgehead atoms. The van der Waals surface area contributed by atoms with E-state index in [1.54, 1.807) is 0 Å². The highest BCUT2D eigenvalue weighted by Crippen LogP contribution is 2.41. The lowest BCUT2D eigenvalue weighted by Crippen LogP contribution is -2.20. The molecule has 1 aromatic carbocycles. The van der Waals surface area contributed by atoms with Crippen molar-refractivity contribution in [3.8, 4) is 0 Å². The van der Waals surface area contributed by atoms with Crippen LogP contribution in [0.3, 0.4) is 0 Å². The Kier molecular flexibility index (Phi) is 1.85. The molecule has 2 atom stereocenters. The van der Waals surface area contributed by atoms with Crippen molar-refractivity contribution in [3.63, 3.8) is 0 Å². The topological polar surface area (TPSA) is 73.4 Å². The van der Waals surface area contributed by atoms with Gasteiger partial charge in [-0.2, -0.15) is 0 Å². The lowest BCUT2D eigenvalue weighted by Gasteiger charge is -2.06. The summed E-state index contributed by atoms with van der Waals surface area (Å²) in [5.41, 5.74) is 3.53. The van der Waals surface area contributed by atoms with Crippen LogP contribution in [-0.4, -0.2) is 17.4 Å². The van der Waals surface area contributed by atoms with Crippen molar-refractivity contribution in [2.45, 2.75) is 25.6 Å². The molecule has 0 spiro atoms. The highest BCUT2D eigenvalue weighted by Gasteiger charge is 2.31. The molecule has 0 radical (unpaired) electrons. The number of aliphatic hydroxyl groups is 1. The second-order valence-electron chi connectivity index (χ2n) is 4.13. The molecule has 2 aliphatic rings. The van der Waals surface area contributed by atoms with Crippen LogP contribution in [0.4, 0.5) is 17.1 Å². The van der Waals surface area contributed by atoms with Crippen molar-refractivity contribution in [2.75, 3.05) is 16.0 Å². The first-order chi connectivity index (χ1) is 7.69. The molecule has 1 amide bonds. The van der Waals surface area contributed by atoms with Crippen LogP contribution in [0.1, 0.15) is 24.8 Å². The number of fused-ring (bicyclic) bond motifs is 2.